The van der Waals surface area contributed by atoms with Crippen molar-refractivity contribution < 1.29 is 9.72 Å². The van der Waals surface area contributed by atoms with Crippen LogP contribution in [0.3, 0.4) is 0 Å². The van der Waals surface area contributed by atoms with Gasteiger partial charge in [0, 0.05) is 24.2 Å². The molecule has 1 fully saturated rings. The van der Waals surface area contributed by atoms with E-state index in [2.05, 4.69) is 5.43 Å². The first-order valence-corrected chi connectivity index (χ1v) is 6.14. The first-order valence-electron chi connectivity index (χ1n) is 6.14. The number of nitrogen functional groups attached to an aromatic ring is 1. The molecular formula is C12H16N4O3. The van der Waals surface area contributed by atoms with Crippen LogP contribution in [0.2, 0.25) is 0 Å². The Labute approximate surface area is 110 Å². The Balaban J connectivity index is 2.31. The average molecular weight is 264 g/mol. The summed E-state index contributed by atoms with van der Waals surface area (Å²) in [6.07, 6.45) is 2.01. The second-order valence-corrected chi connectivity index (χ2v) is 4.46. The van der Waals surface area contributed by atoms with Gasteiger partial charge in [0.1, 0.15) is 5.69 Å². The molecule has 0 bridgehead atoms. The molecule has 1 aliphatic carbocycles. The van der Waals surface area contributed by atoms with Crippen LogP contribution in [0.1, 0.15) is 30.1 Å². The van der Waals surface area contributed by atoms with Crippen molar-refractivity contribution in [1.82, 2.24) is 4.90 Å². The molecule has 3 N–H and O–H groups in total. The molecule has 2 rings (SSSR count). The molecule has 0 saturated heterocycles. The van der Waals surface area contributed by atoms with Crippen LogP contribution in [0.4, 0.5) is 11.4 Å². The number of nitro groups is 1. The number of benzene rings is 1. The summed E-state index contributed by atoms with van der Waals surface area (Å²) >= 11 is 0. The fraction of sp³-hybridized carbons (Fsp3) is 0.417. The van der Waals surface area contributed by atoms with Crippen molar-refractivity contribution in [2.24, 2.45) is 5.84 Å². The number of nitro benzene ring substituents is 1. The van der Waals surface area contributed by atoms with E-state index in [4.69, 9.17) is 5.84 Å². The molecule has 0 unspecified atom stereocenters. The number of nitrogens with one attached hydrogen (secondary N) is 1. The molecule has 0 radical (unpaired) electrons. The number of rotatable bonds is 5. The van der Waals surface area contributed by atoms with Crippen molar-refractivity contribution >= 4 is 17.3 Å². The maximum Gasteiger partial charge on any atom is 0.294 e. The molecule has 7 nitrogen and oxygen atoms in total. The minimum Gasteiger partial charge on any atom is -0.336 e. The summed E-state index contributed by atoms with van der Waals surface area (Å²) in [5, 5.41) is 10.9. The Bertz CT molecular complexity index is 514. The number of carbonyl (C=O) groups is 1. The zero-order chi connectivity index (χ0) is 14.0. The lowest BCUT2D eigenvalue weighted by atomic mass is 10.1. The largest absolute Gasteiger partial charge is 0.336 e. The molecule has 1 aromatic carbocycles. The molecule has 1 aromatic rings. The van der Waals surface area contributed by atoms with Crippen LogP contribution in [0.15, 0.2) is 18.2 Å². The minimum absolute atomic E-state index is 0.170. The summed E-state index contributed by atoms with van der Waals surface area (Å²) in [5.74, 6) is 5.04. The molecule has 1 saturated carbocycles. The number of hydrogen-bond donors (Lipinski definition) is 2. The third-order valence-corrected chi connectivity index (χ3v) is 3.19. The summed E-state index contributed by atoms with van der Waals surface area (Å²) in [6, 6.07) is 4.55. The maximum absolute atomic E-state index is 12.3. The quantitative estimate of drug-likeness (QED) is 0.476. The fourth-order valence-corrected chi connectivity index (χ4v) is 2.06. The van der Waals surface area contributed by atoms with E-state index >= 15 is 0 Å². The summed E-state index contributed by atoms with van der Waals surface area (Å²) in [6.45, 7) is 2.51. The van der Waals surface area contributed by atoms with Gasteiger partial charge >= 0.3 is 0 Å². The van der Waals surface area contributed by atoms with Gasteiger partial charge in [-0.05, 0) is 31.9 Å². The van der Waals surface area contributed by atoms with Gasteiger partial charge in [0.15, 0.2) is 0 Å². The predicted octanol–water partition coefficient (Wildman–Crippen LogP) is 1.50. The normalized spacial score (nSPS) is 14.0. The zero-order valence-electron chi connectivity index (χ0n) is 10.6. The summed E-state index contributed by atoms with van der Waals surface area (Å²) in [7, 11) is 0. The van der Waals surface area contributed by atoms with E-state index < -0.39 is 4.92 Å². The van der Waals surface area contributed by atoms with Crippen LogP contribution in [0.25, 0.3) is 0 Å². The van der Waals surface area contributed by atoms with Gasteiger partial charge in [-0.15, -0.1) is 0 Å². The molecular weight excluding hydrogens is 248 g/mol. The van der Waals surface area contributed by atoms with Gasteiger partial charge in [-0.1, -0.05) is 0 Å². The highest BCUT2D eigenvalue weighted by Crippen LogP contribution is 2.30. The van der Waals surface area contributed by atoms with Crippen LogP contribution >= 0.6 is 0 Å². The lowest BCUT2D eigenvalue weighted by Gasteiger charge is -2.20. The summed E-state index contributed by atoms with van der Waals surface area (Å²) < 4.78 is 0. The van der Waals surface area contributed by atoms with Crippen molar-refractivity contribution in [3.05, 3.63) is 33.9 Å². The van der Waals surface area contributed by atoms with Gasteiger partial charge < -0.3 is 10.3 Å². The van der Waals surface area contributed by atoms with E-state index in [1.165, 1.54) is 12.1 Å². The SMILES string of the molecule is CCN(C(=O)c1ccc(NN)c([N+](=O)[O-])c1)C1CC1. The topological polar surface area (TPSA) is 102 Å². The number of amides is 1. The van der Waals surface area contributed by atoms with E-state index in [1.807, 2.05) is 6.92 Å². The minimum atomic E-state index is -0.556. The molecule has 0 aromatic heterocycles. The Morgan fingerprint density at radius 1 is 1.58 bits per heavy atom. The summed E-state index contributed by atoms with van der Waals surface area (Å²) in [4.78, 5) is 24.4. The molecule has 1 aliphatic rings. The number of carbonyl (C=O) groups excluding carboxylic acids is 1. The van der Waals surface area contributed by atoms with Crippen molar-refractivity contribution in [3.63, 3.8) is 0 Å². The number of anilines is 1. The highest BCUT2D eigenvalue weighted by molar-refractivity contribution is 5.96. The average Bonchev–Trinajstić information content (AvgIpc) is 3.23. The standard InChI is InChI=1S/C12H16N4O3/c1-2-15(9-4-5-9)12(17)8-3-6-10(14-13)11(7-8)16(18)19/h3,6-7,9,14H,2,4-5,13H2,1H3. The molecule has 0 spiro atoms. The van der Waals surface area contributed by atoms with Crippen LogP contribution in [0.5, 0.6) is 0 Å². The van der Waals surface area contributed by atoms with Gasteiger partial charge in [-0.2, -0.15) is 0 Å². The molecule has 0 aliphatic heterocycles. The zero-order valence-corrected chi connectivity index (χ0v) is 10.6. The monoisotopic (exact) mass is 264 g/mol. The number of hydrazine groups is 1. The first-order chi connectivity index (χ1) is 9.08. The van der Waals surface area contributed by atoms with Crippen molar-refractivity contribution in [2.75, 3.05) is 12.0 Å². The second-order valence-electron chi connectivity index (χ2n) is 4.46. The van der Waals surface area contributed by atoms with Crippen molar-refractivity contribution in [3.8, 4) is 0 Å². The van der Waals surface area contributed by atoms with E-state index in [0.717, 1.165) is 12.8 Å². The van der Waals surface area contributed by atoms with Crippen LogP contribution in [0, 0.1) is 10.1 Å². The molecule has 0 heterocycles. The highest BCUT2D eigenvalue weighted by Gasteiger charge is 2.32. The van der Waals surface area contributed by atoms with Crippen LogP contribution < -0.4 is 11.3 Å². The fourth-order valence-electron chi connectivity index (χ4n) is 2.06. The number of nitrogens with two attached hydrogens (primary N) is 1. The van der Waals surface area contributed by atoms with Crippen LogP contribution in [-0.2, 0) is 0 Å². The number of nitrogens with zero attached hydrogens (tertiary/aromatic N) is 2. The van der Waals surface area contributed by atoms with E-state index in [1.54, 1.807) is 11.0 Å². The Hall–Kier alpha value is -2.15. The highest BCUT2D eigenvalue weighted by atomic mass is 16.6. The molecule has 102 valence electrons. The van der Waals surface area contributed by atoms with Gasteiger partial charge in [0.25, 0.3) is 11.6 Å². The van der Waals surface area contributed by atoms with Gasteiger partial charge in [0.05, 0.1) is 4.92 Å². The third-order valence-electron chi connectivity index (χ3n) is 3.19. The first kappa shape index (κ1) is 13.3. The van der Waals surface area contributed by atoms with E-state index in [9.17, 15) is 14.9 Å². The Morgan fingerprint density at radius 2 is 2.26 bits per heavy atom. The van der Waals surface area contributed by atoms with Gasteiger partial charge in [0.2, 0.25) is 0 Å². The molecule has 0 atom stereocenters. The lowest BCUT2D eigenvalue weighted by Crippen LogP contribution is -2.32. The lowest BCUT2D eigenvalue weighted by molar-refractivity contribution is -0.384. The Kier molecular flexibility index (Phi) is 3.66. The van der Waals surface area contributed by atoms with E-state index in [-0.39, 0.29) is 23.3 Å². The third kappa shape index (κ3) is 2.65. The van der Waals surface area contributed by atoms with Crippen LogP contribution in [-0.4, -0.2) is 28.3 Å². The molecule has 19 heavy (non-hydrogen) atoms. The Morgan fingerprint density at radius 3 is 2.74 bits per heavy atom. The van der Waals surface area contributed by atoms with E-state index in [0.29, 0.717) is 12.1 Å². The van der Waals surface area contributed by atoms with Crippen molar-refractivity contribution in [1.29, 1.82) is 0 Å². The van der Waals surface area contributed by atoms with Gasteiger partial charge in [-0.3, -0.25) is 20.8 Å². The second kappa shape index (κ2) is 5.23. The van der Waals surface area contributed by atoms with Crippen molar-refractivity contribution in [2.45, 2.75) is 25.8 Å². The summed E-state index contributed by atoms with van der Waals surface area (Å²) in [5.41, 5.74) is 2.57. The predicted molar refractivity (Wildman–Crippen MR) is 70.6 cm³/mol. The maximum atomic E-state index is 12.3. The number of hydrogen-bond acceptors (Lipinski definition) is 5. The van der Waals surface area contributed by atoms with Gasteiger partial charge in [-0.25, -0.2) is 0 Å². The molecule has 1 amide bonds. The smallest absolute Gasteiger partial charge is 0.294 e. The molecule has 7 heteroatoms.